The maximum Gasteiger partial charge on any atom is 0.175 e. The molecule has 13 rings (SSSR count). The zero-order valence-electron chi connectivity index (χ0n) is 30.1. The molecule has 1 aliphatic carbocycles. The Morgan fingerprint density at radius 3 is 1.61 bits per heavy atom. The first kappa shape index (κ1) is 30.5. The number of ether oxygens (including phenoxy) is 1. The third kappa shape index (κ3) is 3.64. The van der Waals surface area contributed by atoms with Gasteiger partial charge in [0.1, 0.15) is 16.2 Å². The van der Waals surface area contributed by atoms with Crippen LogP contribution in [0.15, 0.2) is 193 Å². The molecule has 3 aliphatic heterocycles. The van der Waals surface area contributed by atoms with Gasteiger partial charge in [0.05, 0.1) is 33.5 Å². The molecule has 0 fully saturated rings. The molecule has 8 aromatic carbocycles. The van der Waals surface area contributed by atoms with E-state index in [2.05, 4.69) is 198 Å². The minimum atomic E-state index is -0.589. The van der Waals surface area contributed by atoms with Crippen molar-refractivity contribution in [3.63, 3.8) is 0 Å². The molecule has 2 spiro atoms. The number of nitrogens with zero attached hydrogens (tertiary/aromatic N) is 3. The van der Waals surface area contributed by atoms with Gasteiger partial charge in [-0.2, -0.15) is 0 Å². The topological polar surface area (TPSA) is 30.3 Å². The Kier molecular flexibility index (Phi) is 5.94. The summed E-state index contributed by atoms with van der Waals surface area (Å²) in [5.41, 5.74) is 17.3. The minimum absolute atomic E-state index is 0.509. The molecule has 4 nitrogen and oxygen atoms in total. The fourth-order valence-corrected chi connectivity index (χ4v) is 11.9. The molecule has 1 aromatic heterocycles. The van der Waals surface area contributed by atoms with Crippen molar-refractivity contribution >= 4 is 39.9 Å². The highest BCUT2D eigenvalue weighted by molar-refractivity contribution is 8.00. The Morgan fingerprint density at radius 2 is 0.964 bits per heavy atom. The van der Waals surface area contributed by atoms with Gasteiger partial charge in [-0.3, -0.25) is 4.57 Å². The molecule has 0 N–H and O–H groups in total. The first-order valence-corrected chi connectivity index (χ1v) is 20.0. The summed E-state index contributed by atoms with van der Waals surface area (Å²) >= 11 is 1.87. The van der Waals surface area contributed by atoms with Crippen molar-refractivity contribution in [3.8, 4) is 28.3 Å². The molecule has 0 amide bonds. The van der Waals surface area contributed by atoms with E-state index >= 15 is 0 Å². The van der Waals surface area contributed by atoms with Gasteiger partial charge in [-0.25, -0.2) is 4.98 Å². The second-order valence-electron chi connectivity index (χ2n) is 15.0. The summed E-state index contributed by atoms with van der Waals surface area (Å²) in [6.45, 7) is 0. The van der Waals surface area contributed by atoms with Crippen molar-refractivity contribution in [2.75, 3.05) is 4.90 Å². The van der Waals surface area contributed by atoms with Crippen molar-refractivity contribution in [2.24, 2.45) is 0 Å². The van der Waals surface area contributed by atoms with Crippen molar-refractivity contribution in [2.45, 2.75) is 15.3 Å². The molecule has 0 bridgehead atoms. The molecule has 4 aliphatic rings. The van der Waals surface area contributed by atoms with Crippen LogP contribution in [-0.2, 0) is 10.2 Å². The highest BCUT2D eigenvalue weighted by Crippen LogP contribution is 2.66. The lowest BCUT2D eigenvalue weighted by Crippen LogP contribution is -2.39. The van der Waals surface area contributed by atoms with Crippen LogP contribution in [0.5, 0.6) is 11.5 Å². The van der Waals surface area contributed by atoms with Crippen LogP contribution in [0.25, 0.3) is 27.8 Å². The van der Waals surface area contributed by atoms with Gasteiger partial charge < -0.3 is 9.64 Å². The third-order valence-corrected chi connectivity index (χ3v) is 13.9. The van der Waals surface area contributed by atoms with E-state index < -0.39 is 10.2 Å². The number of hydrogen-bond acceptors (Lipinski definition) is 4. The van der Waals surface area contributed by atoms with E-state index in [1.165, 1.54) is 38.9 Å². The Labute approximate surface area is 328 Å². The standard InChI is InChI=1S/C51H31N3OS/c1-3-17-35-33(15-1)34-16-2-4-18-36(34)51(35)41-31-32(29-30-45(41)54-46-26-12-9-23-42(46)52-49(54)56-51)53-43-24-10-5-19-37(43)50(38-20-6-11-25-44(38)53)39-21-7-13-27-47(39)55-48-28-14-8-22-40(48)50/h1-31H. The summed E-state index contributed by atoms with van der Waals surface area (Å²) in [5, 5.41) is 1.01. The lowest BCUT2D eigenvalue weighted by Gasteiger charge is -2.48. The number of hydrogen-bond donors (Lipinski definition) is 0. The van der Waals surface area contributed by atoms with Crippen molar-refractivity contribution in [1.29, 1.82) is 0 Å². The molecule has 0 atom stereocenters. The second-order valence-corrected chi connectivity index (χ2v) is 16.2. The third-order valence-electron chi connectivity index (χ3n) is 12.4. The first-order chi connectivity index (χ1) is 27.8. The van der Waals surface area contributed by atoms with Crippen LogP contribution >= 0.6 is 11.8 Å². The number of benzene rings is 8. The molecule has 0 saturated heterocycles. The van der Waals surface area contributed by atoms with E-state index in [1.54, 1.807) is 0 Å². The largest absolute Gasteiger partial charge is 0.457 e. The average Bonchev–Trinajstić information content (AvgIpc) is 3.77. The highest BCUT2D eigenvalue weighted by Gasteiger charge is 2.53. The van der Waals surface area contributed by atoms with Crippen LogP contribution in [0.1, 0.15) is 38.9 Å². The van der Waals surface area contributed by atoms with E-state index in [1.807, 2.05) is 11.8 Å². The predicted molar refractivity (Wildman–Crippen MR) is 225 cm³/mol. The van der Waals surface area contributed by atoms with Crippen LogP contribution in [0.3, 0.4) is 0 Å². The number of rotatable bonds is 1. The van der Waals surface area contributed by atoms with Crippen LogP contribution in [0.2, 0.25) is 0 Å². The van der Waals surface area contributed by atoms with Gasteiger partial charge >= 0.3 is 0 Å². The molecular formula is C51H31N3OS. The lowest BCUT2D eigenvalue weighted by atomic mass is 9.61. The molecule has 0 saturated carbocycles. The molecule has 5 heteroatoms. The van der Waals surface area contributed by atoms with Gasteiger partial charge in [-0.1, -0.05) is 145 Å². The zero-order chi connectivity index (χ0) is 36.6. The highest BCUT2D eigenvalue weighted by atomic mass is 32.2. The molecular weight excluding hydrogens is 703 g/mol. The zero-order valence-corrected chi connectivity index (χ0v) is 30.9. The SMILES string of the molecule is c1ccc2c(c1)Oc1ccccc1C21c2ccccc2N(c2ccc3c(c2)C2(Sc4nc5ccccc5n4-3)c3ccccc3-c3ccccc32)c2ccccc21. The van der Waals surface area contributed by atoms with Crippen LogP contribution in [0, 0.1) is 0 Å². The molecule has 4 heterocycles. The summed E-state index contributed by atoms with van der Waals surface area (Å²) < 4.78 is 8.51. The van der Waals surface area contributed by atoms with Crippen LogP contribution < -0.4 is 9.64 Å². The normalized spacial score (nSPS) is 15.5. The van der Waals surface area contributed by atoms with E-state index in [-0.39, 0.29) is 0 Å². The number of aromatic nitrogens is 2. The summed E-state index contributed by atoms with van der Waals surface area (Å²) in [5.74, 6) is 1.78. The molecule has 9 aromatic rings. The number of para-hydroxylation sites is 6. The predicted octanol–water partition coefficient (Wildman–Crippen LogP) is 12.7. The molecule has 0 radical (unpaired) electrons. The van der Waals surface area contributed by atoms with Gasteiger partial charge in [0.2, 0.25) is 0 Å². The number of fused-ring (bicyclic) bond motifs is 19. The number of thioether (sulfide) groups is 1. The fourth-order valence-electron chi connectivity index (χ4n) is 10.3. The van der Waals surface area contributed by atoms with E-state index in [0.29, 0.717) is 0 Å². The van der Waals surface area contributed by atoms with Crippen molar-refractivity contribution in [1.82, 2.24) is 9.55 Å². The second kappa shape index (κ2) is 10.9. The van der Waals surface area contributed by atoms with Crippen molar-refractivity contribution in [3.05, 3.63) is 227 Å². The van der Waals surface area contributed by atoms with E-state index in [4.69, 9.17) is 9.72 Å². The first-order valence-electron chi connectivity index (χ1n) is 19.1. The van der Waals surface area contributed by atoms with Gasteiger partial charge in [0.15, 0.2) is 5.16 Å². The summed E-state index contributed by atoms with van der Waals surface area (Å²) in [4.78, 5) is 7.77. The Balaban J connectivity index is 1.12. The number of imidazole rings is 1. The Hall–Kier alpha value is -6.82. The summed E-state index contributed by atoms with van der Waals surface area (Å²) in [6.07, 6.45) is 0. The fraction of sp³-hybridized carbons (Fsp3) is 0.0392. The van der Waals surface area contributed by atoms with Gasteiger partial charge in [-0.05, 0) is 88.0 Å². The molecule has 56 heavy (non-hydrogen) atoms. The van der Waals surface area contributed by atoms with Crippen LogP contribution in [-0.4, -0.2) is 9.55 Å². The van der Waals surface area contributed by atoms with Crippen LogP contribution in [0.4, 0.5) is 17.1 Å². The molecule has 262 valence electrons. The van der Waals surface area contributed by atoms with Crippen molar-refractivity contribution < 1.29 is 4.74 Å². The number of anilines is 3. The van der Waals surface area contributed by atoms with Gasteiger partial charge in [0, 0.05) is 22.4 Å². The van der Waals surface area contributed by atoms with Gasteiger partial charge in [-0.15, -0.1) is 0 Å². The minimum Gasteiger partial charge on any atom is -0.457 e. The van der Waals surface area contributed by atoms with Gasteiger partial charge in [0.25, 0.3) is 0 Å². The average molecular weight is 734 g/mol. The van der Waals surface area contributed by atoms with E-state index in [9.17, 15) is 0 Å². The Bertz CT molecular complexity index is 3000. The summed E-state index contributed by atoms with van der Waals surface area (Å²) in [7, 11) is 0. The summed E-state index contributed by atoms with van der Waals surface area (Å²) in [6, 6.07) is 68.6. The quantitative estimate of drug-likeness (QED) is 0.168. The molecule has 0 unspecified atom stereocenters. The Morgan fingerprint density at radius 1 is 0.446 bits per heavy atom. The monoisotopic (exact) mass is 733 g/mol. The lowest BCUT2D eigenvalue weighted by molar-refractivity contribution is 0.434. The maximum atomic E-state index is 6.65. The maximum absolute atomic E-state index is 6.65. The van der Waals surface area contributed by atoms with E-state index in [0.717, 1.165) is 61.6 Å². The smallest absolute Gasteiger partial charge is 0.175 e.